The molecule has 1 amide bonds. The van der Waals surface area contributed by atoms with E-state index in [1.54, 1.807) is 4.90 Å². The lowest BCUT2D eigenvalue weighted by Crippen LogP contribution is -2.47. The standard InChI is InChI=1S/C23H19N5O8/c1-25-8-10-26(11-9-25)22(31)13-2-3-14(24-12-13)19-20-15-4-5-16(28(33)34)21(20)35-17(29)6-7-18(30)36-27(15)23(19)32/h2-7,12,32H,8-11H2,1H3/b7-6+. The van der Waals surface area contributed by atoms with Gasteiger partial charge >= 0.3 is 17.6 Å². The minimum absolute atomic E-state index is 0.0268. The van der Waals surface area contributed by atoms with Gasteiger partial charge in [-0.05, 0) is 25.2 Å². The van der Waals surface area contributed by atoms with Crippen LogP contribution in [0.15, 0.2) is 42.6 Å². The summed E-state index contributed by atoms with van der Waals surface area (Å²) in [5.41, 5.74) is -0.176. The highest BCUT2D eigenvalue weighted by molar-refractivity contribution is 6.07. The highest BCUT2D eigenvalue weighted by Crippen LogP contribution is 2.46. The zero-order valence-corrected chi connectivity index (χ0v) is 18.9. The lowest BCUT2D eigenvalue weighted by molar-refractivity contribution is -0.385. The summed E-state index contributed by atoms with van der Waals surface area (Å²) in [4.78, 5) is 61.5. The molecule has 36 heavy (non-hydrogen) atoms. The third-order valence-corrected chi connectivity index (χ3v) is 5.99. The van der Waals surface area contributed by atoms with Gasteiger partial charge in [0, 0.05) is 50.6 Å². The van der Waals surface area contributed by atoms with Crippen LogP contribution in [0, 0.1) is 10.1 Å². The Morgan fingerprint density at radius 3 is 2.47 bits per heavy atom. The Hall–Kier alpha value is -4.78. The molecule has 13 nitrogen and oxygen atoms in total. The van der Waals surface area contributed by atoms with E-state index in [0.717, 1.165) is 36.0 Å². The van der Waals surface area contributed by atoms with Crippen LogP contribution >= 0.6 is 0 Å². The highest BCUT2D eigenvalue weighted by Gasteiger charge is 2.32. The molecule has 2 aromatic heterocycles. The predicted octanol–water partition coefficient (Wildman–Crippen LogP) is 1.14. The molecule has 0 radical (unpaired) electrons. The van der Waals surface area contributed by atoms with Gasteiger partial charge in [0.05, 0.1) is 32.6 Å². The van der Waals surface area contributed by atoms with Gasteiger partial charge in [0.2, 0.25) is 11.6 Å². The van der Waals surface area contributed by atoms with E-state index < -0.39 is 34.2 Å². The second kappa shape index (κ2) is 8.78. The number of nitro groups is 1. The van der Waals surface area contributed by atoms with Crippen molar-refractivity contribution in [3.8, 4) is 22.9 Å². The number of carbonyl (C=O) groups excluding carboxylic acids is 3. The number of benzene rings is 1. The largest absolute Gasteiger partial charge is 0.492 e. The number of ether oxygens (including phenoxy) is 1. The van der Waals surface area contributed by atoms with Crippen LogP contribution in [0.25, 0.3) is 22.2 Å². The molecule has 184 valence electrons. The van der Waals surface area contributed by atoms with Crippen molar-refractivity contribution in [2.75, 3.05) is 33.2 Å². The van der Waals surface area contributed by atoms with Crippen LogP contribution in [0.5, 0.6) is 11.6 Å². The molecule has 0 saturated carbocycles. The normalized spacial score (nSPS) is 17.1. The first kappa shape index (κ1) is 23.0. The molecule has 0 unspecified atom stereocenters. The van der Waals surface area contributed by atoms with Gasteiger partial charge in [0.25, 0.3) is 5.91 Å². The van der Waals surface area contributed by atoms with Crippen LogP contribution in [0.3, 0.4) is 0 Å². The van der Waals surface area contributed by atoms with Gasteiger partial charge in [0.15, 0.2) is 0 Å². The van der Waals surface area contributed by atoms with Gasteiger partial charge in [-0.2, -0.15) is 0 Å². The van der Waals surface area contributed by atoms with Crippen LogP contribution in [-0.4, -0.2) is 80.6 Å². The molecule has 3 aromatic rings. The molecule has 1 N–H and O–H groups in total. The monoisotopic (exact) mass is 493 g/mol. The number of rotatable bonds is 3. The average Bonchev–Trinajstić information content (AvgIpc) is 3.13. The number of esters is 1. The summed E-state index contributed by atoms with van der Waals surface area (Å²) in [6.07, 6.45) is 2.85. The van der Waals surface area contributed by atoms with Crippen molar-refractivity contribution in [2.45, 2.75) is 0 Å². The number of hydrogen-bond donors (Lipinski definition) is 1. The molecule has 1 aromatic carbocycles. The fraction of sp³-hybridized carbons (Fsp3) is 0.217. The SMILES string of the molecule is CN1CCN(C(=O)c2ccc(-c3c(O)n4c5ccc([N+](=O)[O-])c(c35)OC(=O)/C=C/C(=O)O4)nc2)CC1. The number of likely N-dealkylation sites (N-methyl/N-ethyl adjacent to an activating group) is 1. The van der Waals surface area contributed by atoms with Gasteiger partial charge in [-0.25, -0.2) is 9.59 Å². The minimum atomic E-state index is -1.05. The summed E-state index contributed by atoms with van der Waals surface area (Å²) in [6.45, 7) is 2.64. The van der Waals surface area contributed by atoms with Gasteiger partial charge in [-0.1, -0.05) is 0 Å². The molecule has 0 aliphatic carbocycles. The quantitative estimate of drug-likeness (QED) is 0.243. The van der Waals surface area contributed by atoms with Gasteiger partial charge in [0.1, 0.15) is 0 Å². The Balaban J connectivity index is 1.65. The first-order valence-corrected chi connectivity index (χ1v) is 10.9. The molecule has 0 spiro atoms. The van der Waals surface area contributed by atoms with Crippen molar-refractivity contribution >= 4 is 34.4 Å². The van der Waals surface area contributed by atoms with Crippen molar-refractivity contribution in [3.05, 3.63) is 58.3 Å². The van der Waals surface area contributed by atoms with E-state index in [9.17, 15) is 29.6 Å². The molecular formula is C23H19N5O8. The smallest absolute Gasteiger partial charge is 0.356 e. The van der Waals surface area contributed by atoms with E-state index >= 15 is 0 Å². The average molecular weight is 493 g/mol. The maximum Gasteiger partial charge on any atom is 0.356 e. The molecule has 5 rings (SSSR count). The number of pyridine rings is 1. The Morgan fingerprint density at radius 1 is 1.08 bits per heavy atom. The second-order valence-electron chi connectivity index (χ2n) is 8.25. The zero-order valence-electron chi connectivity index (χ0n) is 18.9. The number of nitrogens with zero attached hydrogens (tertiary/aromatic N) is 5. The third kappa shape index (κ3) is 3.90. The van der Waals surface area contributed by atoms with E-state index in [2.05, 4.69) is 9.88 Å². The molecule has 0 atom stereocenters. The molecule has 4 bridgehead atoms. The molecule has 1 fully saturated rings. The summed E-state index contributed by atoms with van der Waals surface area (Å²) in [5, 5.41) is 22.6. The third-order valence-electron chi connectivity index (χ3n) is 5.99. The van der Waals surface area contributed by atoms with Crippen LogP contribution in [-0.2, 0) is 9.59 Å². The zero-order chi connectivity index (χ0) is 25.6. The van der Waals surface area contributed by atoms with E-state index in [4.69, 9.17) is 9.57 Å². The Labute approximate surface area is 202 Å². The van der Waals surface area contributed by atoms with Gasteiger partial charge in [-0.15, -0.1) is 4.73 Å². The lowest BCUT2D eigenvalue weighted by atomic mass is 10.1. The Kier molecular flexibility index (Phi) is 5.60. The maximum atomic E-state index is 12.9. The minimum Gasteiger partial charge on any atom is -0.492 e. The number of amides is 1. The van der Waals surface area contributed by atoms with E-state index in [1.807, 2.05) is 7.05 Å². The number of aromatic nitrogens is 2. The van der Waals surface area contributed by atoms with Gasteiger partial charge in [-0.3, -0.25) is 19.9 Å². The molecule has 4 heterocycles. The summed E-state index contributed by atoms with van der Waals surface area (Å²) in [7, 11) is 1.98. The topological polar surface area (TPSA) is 157 Å². The second-order valence-corrected chi connectivity index (χ2v) is 8.25. The highest BCUT2D eigenvalue weighted by atomic mass is 16.7. The van der Waals surface area contributed by atoms with Crippen LogP contribution < -0.4 is 9.57 Å². The molecule has 2 aliphatic heterocycles. The molecular weight excluding hydrogens is 474 g/mol. The van der Waals surface area contributed by atoms with E-state index in [1.165, 1.54) is 24.4 Å². The summed E-state index contributed by atoms with van der Waals surface area (Å²) < 4.78 is 6.00. The number of hydrogen-bond acceptors (Lipinski definition) is 10. The Morgan fingerprint density at radius 2 is 1.81 bits per heavy atom. The molecule has 2 aliphatic rings. The molecule has 1 saturated heterocycles. The number of nitro benzene ring substituents is 1. The first-order valence-electron chi connectivity index (χ1n) is 10.9. The maximum absolute atomic E-state index is 12.9. The van der Waals surface area contributed by atoms with Crippen LogP contribution in [0.4, 0.5) is 5.69 Å². The summed E-state index contributed by atoms with van der Waals surface area (Å²) in [5.74, 6) is -3.30. The predicted molar refractivity (Wildman–Crippen MR) is 123 cm³/mol. The van der Waals surface area contributed by atoms with Crippen molar-refractivity contribution in [1.29, 1.82) is 0 Å². The fourth-order valence-corrected chi connectivity index (χ4v) is 4.13. The van der Waals surface area contributed by atoms with Crippen LogP contribution in [0.1, 0.15) is 10.4 Å². The van der Waals surface area contributed by atoms with Crippen molar-refractivity contribution < 1.29 is 34.0 Å². The van der Waals surface area contributed by atoms with Crippen molar-refractivity contribution in [3.63, 3.8) is 0 Å². The van der Waals surface area contributed by atoms with Crippen molar-refractivity contribution in [2.24, 2.45) is 0 Å². The van der Waals surface area contributed by atoms with E-state index in [0.29, 0.717) is 18.7 Å². The molecule has 13 heteroatoms. The number of aromatic hydroxyl groups is 1. The fourth-order valence-electron chi connectivity index (χ4n) is 4.13. The first-order chi connectivity index (χ1) is 17.2. The van der Waals surface area contributed by atoms with Gasteiger partial charge < -0.3 is 24.5 Å². The Bertz CT molecular complexity index is 1450. The lowest BCUT2D eigenvalue weighted by Gasteiger charge is -2.32. The van der Waals surface area contributed by atoms with Crippen molar-refractivity contribution in [1.82, 2.24) is 19.5 Å². The summed E-state index contributed by atoms with van der Waals surface area (Å²) >= 11 is 0. The number of piperazine rings is 1. The number of carbonyl (C=O) groups is 3. The van der Waals surface area contributed by atoms with E-state index in [-0.39, 0.29) is 28.1 Å². The van der Waals surface area contributed by atoms with Crippen LogP contribution in [0.2, 0.25) is 0 Å². The summed E-state index contributed by atoms with van der Waals surface area (Å²) in [6, 6.07) is 5.28.